The molecule has 0 saturated carbocycles. The van der Waals surface area contributed by atoms with Crippen LogP contribution in [0.4, 0.5) is 0 Å². The van der Waals surface area contributed by atoms with Crippen molar-refractivity contribution in [3.05, 3.63) is 39.5 Å². The molecule has 1 aromatic heterocycles. The SMILES string of the molecule is O=c1c2ccc(O)cc2oc2c([C@H]3O[C@@H](CO)[C@@H](O)[C@@H](O)[C@@H]3O)c(O)c([C@H]3O[C@@H](CO)[C@@H](O)[C@@H](O)[C@@H]3O)c(O)c12. The summed E-state index contributed by atoms with van der Waals surface area (Å²) < 4.78 is 16.8. The number of hydrogen-bond donors (Lipinski definition) is 11. The maximum absolute atomic E-state index is 13.6. The van der Waals surface area contributed by atoms with Gasteiger partial charge in [-0.25, -0.2) is 0 Å². The molecule has 10 atom stereocenters. The Morgan fingerprint density at radius 1 is 0.675 bits per heavy atom. The summed E-state index contributed by atoms with van der Waals surface area (Å²) in [5.74, 6) is -2.31. The Hall–Kier alpha value is -3.09. The highest BCUT2D eigenvalue weighted by Gasteiger charge is 2.50. The van der Waals surface area contributed by atoms with Crippen LogP contribution in [0.15, 0.2) is 27.4 Å². The Morgan fingerprint density at radius 2 is 1.20 bits per heavy atom. The lowest BCUT2D eigenvalue weighted by Gasteiger charge is -2.42. The molecule has 0 bridgehead atoms. The topological polar surface area (TPSA) is 271 Å². The first-order valence-electron chi connectivity index (χ1n) is 12.2. The minimum absolute atomic E-state index is 0.147. The molecule has 0 aliphatic carbocycles. The summed E-state index contributed by atoms with van der Waals surface area (Å²) in [6.07, 6.45) is -18.2. The highest BCUT2D eigenvalue weighted by Crippen LogP contribution is 2.51. The van der Waals surface area contributed by atoms with Crippen molar-refractivity contribution in [3.63, 3.8) is 0 Å². The molecular weight excluding hydrogens is 540 g/mol. The third-order valence-corrected chi connectivity index (χ3v) is 7.48. The molecule has 40 heavy (non-hydrogen) atoms. The monoisotopic (exact) mass is 568 g/mol. The molecular formula is C25H28O15. The summed E-state index contributed by atoms with van der Waals surface area (Å²) in [6.45, 7) is -1.70. The zero-order chi connectivity index (χ0) is 29.2. The number of aromatic hydroxyl groups is 3. The van der Waals surface area contributed by atoms with E-state index in [0.29, 0.717) is 0 Å². The Bertz CT molecular complexity index is 1480. The van der Waals surface area contributed by atoms with E-state index in [1.165, 1.54) is 12.1 Å². The number of ether oxygens (including phenoxy) is 2. The van der Waals surface area contributed by atoms with Crippen LogP contribution in [0.3, 0.4) is 0 Å². The van der Waals surface area contributed by atoms with Gasteiger partial charge >= 0.3 is 0 Å². The number of rotatable bonds is 4. The van der Waals surface area contributed by atoms with Gasteiger partial charge in [-0.1, -0.05) is 0 Å². The molecule has 5 rings (SSSR count). The number of benzene rings is 2. The van der Waals surface area contributed by atoms with Gasteiger partial charge in [0.1, 0.15) is 89.3 Å². The van der Waals surface area contributed by atoms with Crippen molar-refractivity contribution in [1.29, 1.82) is 0 Å². The molecule has 2 fully saturated rings. The van der Waals surface area contributed by atoms with Crippen LogP contribution in [0, 0.1) is 0 Å². The minimum Gasteiger partial charge on any atom is -0.508 e. The largest absolute Gasteiger partial charge is 0.508 e. The molecule has 2 aliphatic heterocycles. The molecule has 2 saturated heterocycles. The average molecular weight is 568 g/mol. The standard InChI is InChI=1S/C25H28O15/c26-4-9-15(30)19(34)21(36)24(39-9)12-17(32)11-14(29)7-2-1-6(28)3-8(7)38-23(11)13(18(12)33)25-22(37)20(35)16(31)10(5-27)40-25/h1-3,9-10,15-16,19-22,24-28,30-37H,4-5H2/t9-,10-,15+,16+,19+,20+,21-,22-,24+,25+/m0/s1. The van der Waals surface area contributed by atoms with E-state index in [0.717, 1.165) is 6.07 Å². The molecule has 0 amide bonds. The summed E-state index contributed by atoms with van der Waals surface area (Å²) in [6, 6.07) is 3.41. The van der Waals surface area contributed by atoms with E-state index in [2.05, 4.69) is 0 Å². The second kappa shape index (κ2) is 10.4. The van der Waals surface area contributed by atoms with Gasteiger partial charge in [0, 0.05) is 6.07 Å². The second-order valence-electron chi connectivity index (χ2n) is 9.84. The zero-order valence-electron chi connectivity index (χ0n) is 20.5. The third-order valence-electron chi connectivity index (χ3n) is 7.48. The molecule has 11 N–H and O–H groups in total. The van der Waals surface area contributed by atoms with E-state index in [1.807, 2.05) is 0 Å². The van der Waals surface area contributed by atoms with Crippen LogP contribution in [-0.2, 0) is 9.47 Å². The molecule has 0 spiro atoms. The Morgan fingerprint density at radius 3 is 1.73 bits per heavy atom. The predicted molar refractivity (Wildman–Crippen MR) is 130 cm³/mol. The first-order chi connectivity index (χ1) is 18.9. The zero-order valence-corrected chi connectivity index (χ0v) is 20.5. The van der Waals surface area contributed by atoms with Crippen LogP contribution in [0.5, 0.6) is 17.2 Å². The normalized spacial score (nSPS) is 34.9. The fraction of sp³-hybridized carbons (Fsp3) is 0.480. The van der Waals surface area contributed by atoms with Crippen LogP contribution in [0.1, 0.15) is 23.3 Å². The van der Waals surface area contributed by atoms with Gasteiger partial charge in [-0.05, 0) is 12.1 Å². The van der Waals surface area contributed by atoms with Gasteiger partial charge in [0.2, 0.25) is 5.43 Å². The van der Waals surface area contributed by atoms with Crippen molar-refractivity contribution >= 4 is 21.9 Å². The molecule has 218 valence electrons. The number of hydrogen-bond acceptors (Lipinski definition) is 15. The van der Waals surface area contributed by atoms with E-state index in [4.69, 9.17) is 13.9 Å². The number of fused-ring (bicyclic) bond motifs is 2. The van der Waals surface area contributed by atoms with Crippen LogP contribution in [0.2, 0.25) is 0 Å². The summed E-state index contributed by atoms with van der Waals surface area (Å²) in [5, 5.41) is 114. The quantitative estimate of drug-likeness (QED) is 0.141. The van der Waals surface area contributed by atoms with Gasteiger partial charge in [0.25, 0.3) is 0 Å². The van der Waals surface area contributed by atoms with Crippen LogP contribution in [0.25, 0.3) is 21.9 Å². The molecule has 3 aromatic rings. The molecule has 2 aromatic carbocycles. The molecule has 2 aliphatic rings. The number of phenolic OH excluding ortho intramolecular Hbond substituents is 3. The van der Waals surface area contributed by atoms with Gasteiger partial charge in [0.05, 0.1) is 29.7 Å². The minimum atomic E-state index is -2.03. The molecule has 0 radical (unpaired) electrons. The molecule has 15 nitrogen and oxygen atoms in total. The summed E-state index contributed by atoms with van der Waals surface area (Å²) >= 11 is 0. The van der Waals surface area contributed by atoms with E-state index in [1.54, 1.807) is 0 Å². The Labute approximate surface area is 223 Å². The lowest BCUT2D eigenvalue weighted by molar-refractivity contribution is -0.234. The fourth-order valence-corrected chi connectivity index (χ4v) is 5.30. The van der Waals surface area contributed by atoms with Crippen LogP contribution >= 0.6 is 0 Å². The predicted octanol–water partition coefficient (Wildman–Crippen LogP) is -2.91. The maximum atomic E-state index is 13.6. The van der Waals surface area contributed by atoms with Crippen molar-refractivity contribution in [2.24, 2.45) is 0 Å². The summed E-state index contributed by atoms with van der Waals surface area (Å²) in [5.41, 5.74) is -3.02. The van der Waals surface area contributed by atoms with Crippen molar-refractivity contribution < 1.29 is 70.1 Å². The Balaban J connectivity index is 1.86. The summed E-state index contributed by atoms with van der Waals surface area (Å²) in [7, 11) is 0. The first-order valence-corrected chi connectivity index (χ1v) is 12.2. The molecule has 3 heterocycles. The highest BCUT2D eigenvalue weighted by atomic mass is 16.6. The van der Waals surface area contributed by atoms with Crippen molar-refractivity contribution in [2.75, 3.05) is 13.2 Å². The number of phenols is 3. The number of aliphatic hydroxyl groups is 8. The van der Waals surface area contributed by atoms with Crippen molar-refractivity contribution in [2.45, 2.75) is 61.0 Å². The van der Waals surface area contributed by atoms with Gasteiger partial charge < -0.3 is 70.1 Å². The fourth-order valence-electron chi connectivity index (χ4n) is 5.30. The van der Waals surface area contributed by atoms with Gasteiger partial charge in [0.15, 0.2) is 5.58 Å². The van der Waals surface area contributed by atoms with E-state index >= 15 is 0 Å². The van der Waals surface area contributed by atoms with Crippen LogP contribution in [-0.4, -0.2) is 118 Å². The smallest absolute Gasteiger partial charge is 0.204 e. The van der Waals surface area contributed by atoms with E-state index in [9.17, 15) is 61.0 Å². The van der Waals surface area contributed by atoms with Gasteiger partial charge in [-0.3, -0.25) is 4.79 Å². The summed E-state index contributed by atoms with van der Waals surface area (Å²) in [4.78, 5) is 13.6. The number of aliphatic hydroxyl groups excluding tert-OH is 8. The highest BCUT2D eigenvalue weighted by molar-refractivity contribution is 5.97. The average Bonchev–Trinajstić information content (AvgIpc) is 2.92. The van der Waals surface area contributed by atoms with Crippen molar-refractivity contribution in [1.82, 2.24) is 0 Å². The lowest BCUT2D eigenvalue weighted by Crippen LogP contribution is -2.55. The maximum Gasteiger partial charge on any atom is 0.204 e. The molecule has 15 heteroatoms. The lowest BCUT2D eigenvalue weighted by atomic mass is 9.85. The van der Waals surface area contributed by atoms with E-state index in [-0.39, 0.29) is 16.7 Å². The van der Waals surface area contributed by atoms with Gasteiger partial charge in [-0.15, -0.1) is 0 Å². The molecule has 0 unspecified atom stereocenters. The first kappa shape index (κ1) is 28.4. The van der Waals surface area contributed by atoms with Crippen molar-refractivity contribution in [3.8, 4) is 17.2 Å². The van der Waals surface area contributed by atoms with Crippen LogP contribution < -0.4 is 5.43 Å². The second-order valence-corrected chi connectivity index (χ2v) is 9.84. The third kappa shape index (κ3) is 4.19. The Kier molecular flexibility index (Phi) is 7.38. The van der Waals surface area contributed by atoms with Gasteiger partial charge in [-0.2, -0.15) is 0 Å². The van der Waals surface area contributed by atoms with E-state index < -0.39 is 113 Å².